The van der Waals surface area contributed by atoms with E-state index < -0.39 is 18.1 Å². The molecule has 1 amide bonds. The van der Waals surface area contributed by atoms with E-state index >= 15 is 0 Å². The number of aromatic hydroxyl groups is 1. The van der Waals surface area contributed by atoms with Crippen LogP contribution < -0.4 is 5.32 Å². The molecule has 0 unspecified atom stereocenters. The lowest BCUT2D eigenvalue weighted by molar-refractivity contribution is -0.174. The van der Waals surface area contributed by atoms with Crippen molar-refractivity contribution in [2.24, 2.45) is 0 Å². The zero-order valence-electron chi connectivity index (χ0n) is 9.08. The number of phenols is 1. The molecule has 6 heteroatoms. The smallest absolute Gasteiger partial charge is 0.471 e. The molecule has 1 atom stereocenters. The fraction of sp³-hybridized carbons (Fsp3) is 0.364. The maximum Gasteiger partial charge on any atom is 0.471 e. The molecule has 1 aromatic carbocycles. The van der Waals surface area contributed by atoms with Crippen molar-refractivity contribution in [2.45, 2.75) is 25.6 Å². The number of alkyl halides is 3. The summed E-state index contributed by atoms with van der Waals surface area (Å²) in [5.41, 5.74) is 0.734. The van der Waals surface area contributed by atoms with Crippen molar-refractivity contribution < 1.29 is 23.1 Å². The third-order valence-corrected chi connectivity index (χ3v) is 2.11. The Morgan fingerprint density at radius 3 is 2.35 bits per heavy atom. The van der Waals surface area contributed by atoms with Gasteiger partial charge in [0, 0.05) is 6.04 Å². The van der Waals surface area contributed by atoms with E-state index in [0.29, 0.717) is 0 Å². The van der Waals surface area contributed by atoms with Crippen molar-refractivity contribution in [1.82, 2.24) is 5.32 Å². The first-order chi connectivity index (χ1) is 7.79. The van der Waals surface area contributed by atoms with Gasteiger partial charge in [-0.25, -0.2) is 0 Å². The molecular weight excluding hydrogens is 235 g/mol. The molecule has 1 aromatic rings. The van der Waals surface area contributed by atoms with Gasteiger partial charge in [0.2, 0.25) is 0 Å². The Morgan fingerprint density at radius 1 is 1.35 bits per heavy atom. The van der Waals surface area contributed by atoms with Gasteiger partial charge in [-0.15, -0.1) is 0 Å². The Labute approximate surface area is 96.3 Å². The molecule has 0 saturated heterocycles. The van der Waals surface area contributed by atoms with Gasteiger partial charge >= 0.3 is 12.1 Å². The second kappa shape index (κ2) is 5.07. The van der Waals surface area contributed by atoms with Crippen LogP contribution in [0.5, 0.6) is 5.75 Å². The number of hydrogen-bond donors (Lipinski definition) is 2. The van der Waals surface area contributed by atoms with E-state index in [4.69, 9.17) is 5.11 Å². The van der Waals surface area contributed by atoms with Gasteiger partial charge < -0.3 is 10.4 Å². The predicted molar refractivity (Wildman–Crippen MR) is 55.5 cm³/mol. The first-order valence-electron chi connectivity index (χ1n) is 4.94. The van der Waals surface area contributed by atoms with Gasteiger partial charge in [-0.3, -0.25) is 4.79 Å². The number of carbonyl (C=O) groups is 1. The number of rotatable bonds is 3. The SMILES string of the molecule is C[C@@H](Cc1ccc(O)cc1)NC(=O)C(F)(F)F. The van der Waals surface area contributed by atoms with Crippen molar-refractivity contribution in [2.75, 3.05) is 0 Å². The highest BCUT2D eigenvalue weighted by molar-refractivity contribution is 5.81. The highest BCUT2D eigenvalue weighted by Gasteiger charge is 2.39. The van der Waals surface area contributed by atoms with Crippen molar-refractivity contribution in [3.05, 3.63) is 29.8 Å². The van der Waals surface area contributed by atoms with Gasteiger partial charge in [-0.1, -0.05) is 12.1 Å². The van der Waals surface area contributed by atoms with Crippen LogP contribution in [0, 0.1) is 0 Å². The Morgan fingerprint density at radius 2 is 1.88 bits per heavy atom. The minimum atomic E-state index is -4.86. The van der Waals surface area contributed by atoms with Crippen molar-refractivity contribution in [1.29, 1.82) is 0 Å². The monoisotopic (exact) mass is 247 g/mol. The van der Waals surface area contributed by atoms with Gasteiger partial charge in [0.25, 0.3) is 0 Å². The quantitative estimate of drug-likeness (QED) is 0.858. The summed E-state index contributed by atoms with van der Waals surface area (Å²) in [6, 6.07) is 5.42. The second-order valence-electron chi connectivity index (χ2n) is 3.74. The molecule has 0 fully saturated rings. The van der Waals surface area contributed by atoms with E-state index in [1.54, 1.807) is 12.1 Å². The number of nitrogens with one attached hydrogen (secondary N) is 1. The van der Waals surface area contributed by atoms with E-state index in [1.165, 1.54) is 19.1 Å². The molecule has 1 rings (SSSR count). The molecule has 17 heavy (non-hydrogen) atoms. The van der Waals surface area contributed by atoms with E-state index in [2.05, 4.69) is 0 Å². The minimum absolute atomic E-state index is 0.0840. The molecule has 0 bridgehead atoms. The largest absolute Gasteiger partial charge is 0.508 e. The Balaban J connectivity index is 2.53. The number of halogens is 3. The normalized spacial score (nSPS) is 13.2. The van der Waals surface area contributed by atoms with Crippen molar-refractivity contribution in [3.8, 4) is 5.75 Å². The van der Waals surface area contributed by atoms with Gasteiger partial charge in [0.05, 0.1) is 0 Å². The molecule has 0 aliphatic heterocycles. The maximum absolute atomic E-state index is 12.0. The summed E-state index contributed by atoms with van der Waals surface area (Å²) >= 11 is 0. The topological polar surface area (TPSA) is 49.3 Å². The fourth-order valence-electron chi connectivity index (χ4n) is 1.34. The molecular formula is C11H12F3NO2. The second-order valence-corrected chi connectivity index (χ2v) is 3.74. The van der Waals surface area contributed by atoms with Crippen LogP contribution in [0.4, 0.5) is 13.2 Å². The fourth-order valence-corrected chi connectivity index (χ4v) is 1.34. The number of hydrogen-bond acceptors (Lipinski definition) is 2. The number of benzene rings is 1. The van der Waals surface area contributed by atoms with Crippen molar-refractivity contribution in [3.63, 3.8) is 0 Å². The molecule has 94 valence electrons. The average molecular weight is 247 g/mol. The van der Waals surface area contributed by atoms with Crippen LogP contribution >= 0.6 is 0 Å². The van der Waals surface area contributed by atoms with Crippen LogP contribution in [0.2, 0.25) is 0 Å². The molecule has 3 nitrogen and oxygen atoms in total. The number of phenolic OH excluding ortho intramolecular Hbond substituents is 1. The molecule has 0 aromatic heterocycles. The first-order valence-corrected chi connectivity index (χ1v) is 4.94. The van der Waals surface area contributed by atoms with Gasteiger partial charge in [-0.05, 0) is 31.0 Å². The molecule has 0 spiro atoms. The molecule has 0 heterocycles. The van der Waals surface area contributed by atoms with Crippen LogP contribution in [0.3, 0.4) is 0 Å². The summed E-state index contributed by atoms with van der Waals surface area (Å²) in [4.78, 5) is 10.6. The average Bonchev–Trinajstić information content (AvgIpc) is 2.20. The van der Waals surface area contributed by atoms with Crippen LogP contribution in [-0.2, 0) is 11.2 Å². The van der Waals surface area contributed by atoms with Crippen LogP contribution in [0.25, 0.3) is 0 Å². The van der Waals surface area contributed by atoms with Crippen LogP contribution in [0.15, 0.2) is 24.3 Å². The maximum atomic E-state index is 12.0. The summed E-state index contributed by atoms with van der Waals surface area (Å²) in [6.45, 7) is 1.48. The minimum Gasteiger partial charge on any atom is -0.508 e. The highest BCUT2D eigenvalue weighted by Crippen LogP contribution is 2.15. The van der Waals surface area contributed by atoms with E-state index in [-0.39, 0.29) is 12.2 Å². The number of carbonyl (C=O) groups excluding carboxylic acids is 1. The highest BCUT2D eigenvalue weighted by atomic mass is 19.4. The van der Waals surface area contributed by atoms with E-state index in [1.807, 2.05) is 5.32 Å². The Kier molecular flexibility index (Phi) is 3.98. The van der Waals surface area contributed by atoms with Gasteiger partial charge in [-0.2, -0.15) is 13.2 Å². The summed E-state index contributed by atoms with van der Waals surface area (Å²) in [5, 5.41) is 10.9. The molecule has 0 radical (unpaired) electrons. The van der Waals surface area contributed by atoms with Gasteiger partial charge in [0.15, 0.2) is 0 Å². The van der Waals surface area contributed by atoms with E-state index in [0.717, 1.165) is 5.56 Å². The summed E-state index contributed by atoms with van der Waals surface area (Å²) in [6.07, 6.45) is -4.59. The summed E-state index contributed by atoms with van der Waals surface area (Å²) in [7, 11) is 0. The molecule has 0 saturated carbocycles. The Bertz CT molecular complexity index is 387. The Hall–Kier alpha value is -1.72. The predicted octanol–water partition coefficient (Wildman–Crippen LogP) is 2.00. The molecule has 0 aliphatic rings. The third kappa shape index (κ3) is 4.34. The van der Waals surface area contributed by atoms with Crippen molar-refractivity contribution >= 4 is 5.91 Å². The molecule has 0 aliphatic carbocycles. The van der Waals surface area contributed by atoms with Crippen LogP contribution in [-0.4, -0.2) is 23.2 Å². The lowest BCUT2D eigenvalue weighted by Gasteiger charge is -2.15. The lowest BCUT2D eigenvalue weighted by Crippen LogP contribution is -2.42. The standard InChI is InChI=1S/C11H12F3NO2/c1-7(15-10(17)11(12,13)14)6-8-2-4-9(16)5-3-8/h2-5,7,16H,6H2,1H3,(H,15,17)/t7-/m0/s1. The first kappa shape index (κ1) is 13.3. The summed E-state index contributed by atoms with van der Waals surface area (Å²) < 4.78 is 35.9. The molecule has 2 N–H and O–H groups in total. The zero-order valence-corrected chi connectivity index (χ0v) is 9.08. The number of amides is 1. The lowest BCUT2D eigenvalue weighted by atomic mass is 10.1. The zero-order chi connectivity index (χ0) is 13.1. The van der Waals surface area contributed by atoms with Gasteiger partial charge in [0.1, 0.15) is 5.75 Å². The van der Waals surface area contributed by atoms with Crippen LogP contribution in [0.1, 0.15) is 12.5 Å². The summed E-state index contributed by atoms with van der Waals surface area (Å²) in [5.74, 6) is -1.86. The van der Waals surface area contributed by atoms with E-state index in [9.17, 15) is 18.0 Å². The third-order valence-electron chi connectivity index (χ3n) is 2.11.